The second kappa shape index (κ2) is 9.12. The Morgan fingerprint density at radius 1 is 1.15 bits per heavy atom. The smallest absolute Gasteiger partial charge is 0.251 e. The molecular weight excluding hydrogens is 379 g/mol. The van der Waals surface area contributed by atoms with Crippen molar-refractivity contribution < 1.29 is 17.6 Å². The first kappa shape index (κ1) is 20.4. The van der Waals surface area contributed by atoms with Gasteiger partial charge in [-0.3, -0.25) is 4.79 Å². The summed E-state index contributed by atoms with van der Waals surface area (Å²) >= 11 is 5.62. The van der Waals surface area contributed by atoms with E-state index in [4.69, 9.17) is 11.6 Å². The zero-order chi connectivity index (χ0) is 19.2. The summed E-state index contributed by atoms with van der Waals surface area (Å²) in [7, 11) is -3.82. The van der Waals surface area contributed by atoms with Gasteiger partial charge in [-0.15, -0.1) is 0 Å². The van der Waals surface area contributed by atoms with E-state index in [-0.39, 0.29) is 22.4 Å². The summed E-state index contributed by atoms with van der Waals surface area (Å²) in [6, 6.07) is 9.84. The number of amides is 1. The van der Waals surface area contributed by atoms with Crippen LogP contribution in [-0.4, -0.2) is 20.9 Å². The van der Waals surface area contributed by atoms with Gasteiger partial charge in [0, 0.05) is 18.7 Å². The molecule has 0 saturated carbocycles. The van der Waals surface area contributed by atoms with Gasteiger partial charge >= 0.3 is 0 Å². The van der Waals surface area contributed by atoms with E-state index in [1.807, 2.05) is 6.92 Å². The molecule has 0 saturated heterocycles. The molecule has 0 atom stereocenters. The molecule has 8 heteroatoms. The first-order chi connectivity index (χ1) is 12.3. The molecule has 0 bridgehead atoms. The zero-order valence-electron chi connectivity index (χ0n) is 14.3. The third-order valence-electron chi connectivity index (χ3n) is 3.70. The predicted octanol–water partition coefficient (Wildman–Crippen LogP) is 3.49. The molecule has 0 aromatic heterocycles. The van der Waals surface area contributed by atoms with Crippen LogP contribution in [0, 0.1) is 5.82 Å². The Kier molecular flexibility index (Phi) is 7.14. The normalized spacial score (nSPS) is 11.3. The second-order valence-corrected chi connectivity index (χ2v) is 7.88. The van der Waals surface area contributed by atoms with Gasteiger partial charge in [0.05, 0.1) is 9.92 Å². The maximum atomic E-state index is 13.2. The molecule has 0 aliphatic carbocycles. The number of benzene rings is 2. The molecule has 0 unspecified atom stereocenters. The number of unbranched alkanes of at least 4 members (excludes halogenated alkanes) is 1. The molecule has 0 radical (unpaired) electrons. The molecule has 2 N–H and O–H groups in total. The van der Waals surface area contributed by atoms with Gasteiger partial charge in [0.15, 0.2) is 0 Å². The van der Waals surface area contributed by atoms with E-state index in [0.29, 0.717) is 17.7 Å². The van der Waals surface area contributed by atoms with E-state index < -0.39 is 15.8 Å². The SMILES string of the molecule is CCCCNC(=O)c1ccc(CNS(=O)(=O)c2ccc(F)c(Cl)c2)cc1. The number of sulfonamides is 1. The Hall–Kier alpha value is -1.96. The van der Waals surface area contributed by atoms with Gasteiger partial charge in [0.25, 0.3) is 5.91 Å². The van der Waals surface area contributed by atoms with Gasteiger partial charge in [-0.1, -0.05) is 37.1 Å². The first-order valence-electron chi connectivity index (χ1n) is 8.15. The van der Waals surface area contributed by atoms with Crippen LogP contribution in [0.5, 0.6) is 0 Å². The Morgan fingerprint density at radius 3 is 2.46 bits per heavy atom. The van der Waals surface area contributed by atoms with Crippen molar-refractivity contribution in [2.24, 2.45) is 0 Å². The molecule has 0 fully saturated rings. The molecule has 0 spiro atoms. The third-order valence-corrected chi connectivity index (χ3v) is 5.39. The largest absolute Gasteiger partial charge is 0.352 e. The van der Waals surface area contributed by atoms with Crippen LogP contribution in [0.15, 0.2) is 47.4 Å². The fraction of sp³-hybridized carbons (Fsp3) is 0.278. The van der Waals surface area contributed by atoms with Gasteiger partial charge in [0.2, 0.25) is 10.0 Å². The summed E-state index contributed by atoms with van der Waals surface area (Å²) in [4.78, 5) is 11.8. The van der Waals surface area contributed by atoms with E-state index in [1.165, 1.54) is 0 Å². The van der Waals surface area contributed by atoms with Crippen LogP contribution >= 0.6 is 11.6 Å². The van der Waals surface area contributed by atoms with Gasteiger partial charge in [0.1, 0.15) is 5.82 Å². The van der Waals surface area contributed by atoms with Gasteiger partial charge in [-0.05, 0) is 42.3 Å². The van der Waals surface area contributed by atoms with E-state index >= 15 is 0 Å². The fourth-order valence-corrected chi connectivity index (χ4v) is 3.45. The minimum atomic E-state index is -3.82. The Bertz CT molecular complexity index is 871. The van der Waals surface area contributed by atoms with Gasteiger partial charge in [-0.25, -0.2) is 17.5 Å². The lowest BCUT2D eigenvalue weighted by atomic mass is 10.1. The molecule has 0 aliphatic rings. The van der Waals surface area contributed by atoms with Crippen LogP contribution in [0.3, 0.4) is 0 Å². The van der Waals surface area contributed by atoms with Crippen molar-refractivity contribution in [2.45, 2.75) is 31.2 Å². The maximum absolute atomic E-state index is 13.2. The van der Waals surface area contributed by atoms with E-state index in [9.17, 15) is 17.6 Å². The standard InChI is InChI=1S/C18H20ClFN2O3S/c1-2-3-10-21-18(23)14-6-4-13(5-7-14)12-22-26(24,25)15-8-9-17(20)16(19)11-15/h4-9,11,22H,2-3,10,12H2,1H3,(H,21,23). The van der Waals surface area contributed by atoms with Crippen molar-refractivity contribution in [3.8, 4) is 0 Å². The summed E-state index contributed by atoms with van der Waals surface area (Å²) in [5.41, 5.74) is 1.20. The van der Waals surface area contributed by atoms with E-state index in [2.05, 4.69) is 10.0 Å². The van der Waals surface area contributed by atoms with Crippen LogP contribution < -0.4 is 10.0 Å². The highest BCUT2D eigenvalue weighted by Crippen LogP contribution is 2.19. The minimum Gasteiger partial charge on any atom is -0.352 e. The maximum Gasteiger partial charge on any atom is 0.251 e. The van der Waals surface area contributed by atoms with Crippen LogP contribution in [0.4, 0.5) is 4.39 Å². The van der Waals surface area contributed by atoms with Crippen molar-refractivity contribution in [3.63, 3.8) is 0 Å². The average Bonchev–Trinajstić information content (AvgIpc) is 2.63. The Balaban J connectivity index is 1.98. The molecule has 2 rings (SSSR count). The summed E-state index contributed by atoms with van der Waals surface area (Å²) in [5.74, 6) is -0.843. The lowest BCUT2D eigenvalue weighted by Crippen LogP contribution is -2.25. The number of hydrogen-bond acceptors (Lipinski definition) is 3. The van der Waals surface area contributed by atoms with E-state index in [1.54, 1.807) is 24.3 Å². The molecule has 0 aliphatic heterocycles. The number of rotatable bonds is 8. The number of halogens is 2. The molecular formula is C18H20ClFN2O3S. The minimum absolute atomic E-state index is 0.0368. The molecule has 2 aromatic rings. The van der Waals surface area contributed by atoms with Crippen molar-refractivity contribution in [3.05, 3.63) is 64.4 Å². The number of nitrogens with one attached hydrogen (secondary N) is 2. The third kappa shape index (κ3) is 5.52. The monoisotopic (exact) mass is 398 g/mol. The number of carbonyl (C=O) groups excluding carboxylic acids is 1. The summed E-state index contributed by atoms with van der Waals surface area (Å²) < 4.78 is 40.0. The number of carbonyl (C=O) groups is 1. The van der Waals surface area contributed by atoms with Crippen molar-refractivity contribution in [1.82, 2.24) is 10.0 Å². The zero-order valence-corrected chi connectivity index (χ0v) is 15.8. The lowest BCUT2D eigenvalue weighted by molar-refractivity contribution is 0.0953. The highest BCUT2D eigenvalue weighted by molar-refractivity contribution is 7.89. The summed E-state index contributed by atoms with van der Waals surface area (Å²) in [5, 5.41) is 2.56. The average molecular weight is 399 g/mol. The molecule has 1 amide bonds. The lowest BCUT2D eigenvalue weighted by Gasteiger charge is -2.09. The highest BCUT2D eigenvalue weighted by atomic mass is 35.5. The predicted molar refractivity (Wildman–Crippen MR) is 99.1 cm³/mol. The fourth-order valence-electron chi connectivity index (χ4n) is 2.16. The quantitative estimate of drug-likeness (QED) is 0.668. The van der Waals surface area contributed by atoms with Crippen LogP contribution in [0.2, 0.25) is 5.02 Å². The van der Waals surface area contributed by atoms with Gasteiger partial charge in [-0.2, -0.15) is 0 Å². The van der Waals surface area contributed by atoms with Crippen molar-refractivity contribution in [1.29, 1.82) is 0 Å². The van der Waals surface area contributed by atoms with Gasteiger partial charge < -0.3 is 5.32 Å². The van der Waals surface area contributed by atoms with Crippen molar-refractivity contribution >= 4 is 27.5 Å². The highest BCUT2D eigenvalue weighted by Gasteiger charge is 2.15. The molecule has 140 valence electrons. The topological polar surface area (TPSA) is 75.3 Å². The Labute approximate surface area is 157 Å². The first-order valence-corrected chi connectivity index (χ1v) is 10.0. The van der Waals surface area contributed by atoms with E-state index in [0.717, 1.165) is 31.0 Å². The van der Waals surface area contributed by atoms with Crippen LogP contribution in [-0.2, 0) is 16.6 Å². The molecule has 5 nitrogen and oxygen atoms in total. The van der Waals surface area contributed by atoms with Crippen molar-refractivity contribution in [2.75, 3.05) is 6.54 Å². The molecule has 2 aromatic carbocycles. The second-order valence-electron chi connectivity index (χ2n) is 5.71. The number of hydrogen-bond donors (Lipinski definition) is 2. The van der Waals surface area contributed by atoms with Crippen LogP contribution in [0.25, 0.3) is 0 Å². The summed E-state index contributed by atoms with van der Waals surface area (Å²) in [6.45, 7) is 2.70. The molecule has 0 heterocycles. The molecule has 26 heavy (non-hydrogen) atoms. The van der Waals surface area contributed by atoms with Crippen LogP contribution in [0.1, 0.15) is 35.7 Å². The summed E-state index contributed by atoms with van der Waals surface area (Å²) in [6.07, 6.45) is 1.91. The Morgan fingerprint density at radius 2 is 1.85 bits per heavy atom.